The number of anilines is 1. The zero-order valence-electron chi connectivity index (χ0n) is 13.0. The van der Waals surface area contributed by atoms with Crippen molar-refractivity contribution in [3.8, 4) is 5.75 Å². The van der Waals surface area contributed by atoms with Crippen molar-refractivity contribution in [2.45, 2.75) is 12.9 Å². The maximum Gasteiger partial charge on any atom is 0.573 e. The molecule has 9 heteroatoms. The molecule has 0 aliphatic carbocycles. The first-order valence-electron chi connectivity index (χ1n) is 6.90. The second kappa shape index (κ2) is 7.16. The van der Waals surface area contributed by atoms with E-state index in [4.69, 9.17) is 0 Å². The third kappa shape index (κ3) is 4.83. The molecule has 128 valence electrons. The number of benzene rings is 1. The van der Waals surface area contributed by atoms with Gasteiger partial charge in [-0.05, 0) is 29.8 Å². The van der Waals surface area contributed by atoms with Crippen LogP contribution >= 0.6 is 0 Å². The molecule has 0 unspecified atom stereocenters. The first kappa shape index (κ1) is 17.5. The summed E-state index contributed by atoms with van der Waals surface area (Å²) in [6, 6.07) is 8.80. The van der Waals surface area contributed by atoms with Gasteiger partial charge in [0.2, 0.25) is 0 Å². The second-order valence-electron chi connectivity index (χ2n) is 4.91. The minimum absolute atomic E-state index is 0.176. The Hall–Kier alpha value is -2.84. The molecule has 0 aliphatic rings. The topological polar surface area (TPSA) is 67.4 Å². The predicted octanol–water partition coefficient (Wildman–Crippen LogP) is 2.37. The Balaban J connectivity index is 2.08. The van der Waals surface area contributed by atoms with Crippen LogP contribution in [0.4, 0.5) is 19.0 Å². The maximum absolute atomic E-state index is 12.2. The molecule has 1 heterocycles. The van der Waals surface area contributed by atoms with Crippen LogP contribution in [-0.4, -0.2) is 36.6 Å². The van der Waals surface area contributed by atoms with Gasteiger partial charge in [0.1, 0.15) is 5.75 Å². The molecule has 1 aromatic carbocycles. The summed E-state index contributed by atoms with van der Waals surface area (Å²) >= 11 is 0. The SMILES string of the molecule is CNC(=O)c1ccc(N(C)Cc2cccc(OC(F)(F)F)c2)nn1. The van der Waals surface area contributed by atoms with E-state index in [1.807, 2.05) is 0 Å². The molecule has 0 bridgehead atoms. The first-order valence-corrected chi connectivity index (χ1v) is 6.90. The van der Waals surface area contributed by atoms with Gasteiger partial charge >= 0.3 is 6.36 Å². The van der Waals surface area contributed by atoms with E-state index in [1.54, 1.807) is 24.1 Å². The summed E-state index contributed by atoms with van der Waals surface area (Å²) in [4.78, 5) is 13.1. The predicted molar refractivity (Wildman–Crippen MR) is 80.7 cm³/mol. The Kier molecular flexibility index (Phi) is 5.22. The van der Waals surface area contributed by atoms with Gasteiger partial charge in [-0.15, -0.1) is 23.4 Å². The highest BCUT2D eigenvalue weighted by molar-refractivity contribution is 5.91. The van der Waals surface area contributed by atoms with E-state index in [0.717, 1.165) is 0 Å². The lowest BCUT2D eigenvalue weighted by molar-refractivity contribution is -0.274. The average Bonchev–Trinajstić information content (AvgIpc) is 2.53. The third-order valence-corrected chi connectivity index (χ3v) is 3.05. The molecule has 0 aliphatic heterocycles. The van der Waals surface area contributed by atoms with Crippen molar-refractivity contribution in [2.24, 2.45) is 0 Å². The Morgan fingerprint density at radius 3 is 2.58 bits per heavy atom. The van der Waals surface area contributed by atoms with Crippen LogP contribution in [0.1, 0.15) is 16.1 Å². The van der Waals surface area contributed by atoms with Crippen molar-refractivity contribution in [1.29, 1.82) is 0 Å². The van der Waals surface area contributed by atoms with Crippen molar-refractivity contribution in [3.05, 3.63) is 47.7 Å². The summed E-state index contributed by atoms with van der Waals surface area (Å²) in [5.41, 5.74) is 0.784. The highest BCUT2D eigenvalue weighted by Crippen LogP contribution is 2.24. The van der Waals surface area contributed by atoms with Gasteiger partial charge in [-0.2, -0.15) is 0 Å². The Labute approximate surface area is 136 Å². The molecule has 2 aromatic rings. The minimum Gasteiger partial charge on any atom is -0.406 e. The molecular weight excluding hydrogens is 325 g/mol. The molecule has 0 saturated carbocycles. The van der Waals surface area contributed by atoms with Gasteiger partial charge < -0.3 is 15.0 Å². The van der Waals surface area contributed by atoms with E-state index >= 15 is 0 Å². The van der Waals surface area contributed by atoms with E-state index < -0.39 is 6.36 Å². The van der Waals surface area contributed by atoms with Crippen molar-refractivity contribution in [1.82, 2.24) is 15.5 Å². The van der Waals surface area contributed by atoms with Gasteiger partial charge in [-0.3, -0.25) is 4.79 Å². The average molecular weight is 340 g/mol. The lowest BCUT2D eigenvalue weighted by Crippen LogP contribution is -2.22. The third-order valence-electron chi connectivity index (χ3n) is 3.05. The quantitative estimate of drug-likeness (QED) is 0.905. The molecular formula is C15H15F3N4O2. The molecule has 1 N–H and O–H groups in total. The number of nitrogens with one attached hydrogen (secondary N) is 1. The summed E-state index contributed by atoms with van der Waals surface area (Å²) in [6.45, 7) is 0.295. The van der Waals surface area contributed by atoms with Crippen LogP contribution in [-0.2, 0) is 6.54 Å². The molecule has 6 nitrogen and oxygen atoms in total. The number of hydrogen-bond acceptors (Lipinski definition) is 5. The van der Waals surface area contributed by atoms with Crippen LogP contribution in [0, 0.1) is 0 Å². The van der Waals surface area contributed by atoms with E-state index in [9.17, 15) is 18.0 Å². The van der Waals surface area contributed by atoms with Gasteiger partial charge in [-0.1, -0.05) is 12.1 Å². The van der Waals surface area contributed by atoms with Gasteiger partial charge in [0, 0.05) is 20.6 Å². The van der Waals surface area contributed by atoms with Crippen LogP contribution in [0.15, 0.2) is 36.4 Å². The summed E-state index contributed by atoms with van der Waals surface area (Å²) in [7, 11) is 3.20. The van der Waals surface area contributed by atoms with E-state index in [0.29, 0.717) is 17.9 Å². The zero-order chi connectivity index (χ0) is 17.7. The lowest BCUT2D eigenvalue weighted by Gasteiger charge is -2.18. The Morgan fingerprint density at radius 2 is 2.00 bits per heavy atom. The first-order chi connectivity index (χ1) is 11.3. The van der Waals surface area contributed by atoms with Crippen LogP contribution in [0.5, 0.6) is 5.75 Å². The fraction of sp³-hybridized carbons (Fsp3) is 0.267. The van der Waals surface area contributed by atoms with E-state index in [-0.39, 0.29) is 17.4 Å². The summed E-state index contributed by atoms with van der Waals surface area (Å²) < 4.78 is 40.6. The van der Waals surface area contributed by atoms with Crippen LogP contribution < -0.4 is 15.0 Å². The molecule has 1 aromatic heterocycles. The molecule has 0 atom stereocenters. The molecule has 0 radical (unpaired) electrons. The fourth-order valence-corrected chi connectivity index (χ4v) is 1.97. The number of hydrogen-bond donors (Lipinski definition) is 1. The van der Waals surface area contributed by atoms with Crippen molar-refractivity contribution in [3.63, 3.8) is 0 Å². The van der Waals surface area contributed by atoms with Gasteiger partial charge in [0.05, 0.1) is 0 Å². The highest BCUT2D eigenvalue weighted by atomic mass is 19.4. The largest absolute Gasteiger partial charge is 0.573 e. The van der Waals surface area contributed by atoms with Crippen LogP contribution in [0.25, 0.3) is 0 Å². The van der Waals surface area contributed by atoms with Gasteiger partial charge in [0.15, 0.2) is 11.5 Å². The molecule has 0 spiro atoms. The van der Waals surface area contributed by atoms with Crippen molar-refractivity contribution < 1.29 is 22.7 Å². The number of halogens is 3. The molecule has 0 saturated heterocycles. The fourth-order valence-electron chi connectivity index (χ4n) is 1.97. The minimum atomic E-state index is -4.73. The molecule has 0 fully saturated rings. The van der Waals surface area contributed by atoms with Gasteiger partial charge in [-0.25, -0.2) is 0 Å². The number of alkyl halides is 3. The highest BCUT2D eigenvalue weighted by Gasteiger charge is 2.31. The zero-order valence-corrected chi connectivity index (χ0v) is 13.0. The monoisotopic (exact) mass is 340 g/mol. The van der Waals surface area contributed by atoms with E-state index in [2.05, 4.69) is 20.3 Å². The standard InChI is InChI=1S/C15H15F3N4O2/c1-19-14(23)12-6-7-13(21-20-12)22(2)9-10-4-3-5-11(8-10)24-15(16,17)18/h3-8H,9H2,1-2H3,(H,19,23). The summed E-state index contributed by atoms with van der Waals surface area (Å²) in [5, 5.41) is 10.2. The number of carbonyl (C=O) groups excluding carboxylic acids is 1. The second-order valence-corrected chi connectivity index (χ2v) is 4.91. The number of rotatable bonds is 5. The Morgan fingerprint density at radius 1 is 1.25 bits per heavy atom. The van der Waals surface area contributed by atoms with Crippen LogP contribution in [0.2, 0.25) is 0 Å². The van der Waals surface area contributed by atoms with Crippen molar-refractivity contribution in [2.75, 3.05) is 19.0 Å². The normalized spacial score (nSPS) is 11.0. The van der Waals surface area contributed by atoms with E-state index in [1.165, 1.54) is 31.3 Å². The lowest BCUT2D eigenvalue weighted by atomic mass is 10.2. The Bertz CT molecular complexity index is 705. The smallest absolute Gasteiger partial charge is 0.406 e. The molecule has 1 amide bonds. The van der Waals surface area contributed by atoms with Crippen LogP contribution in [0.3, 0.4) is 0 Å². The number of carbonyl (C=O) groups is 1. The number of aromatic nitrogens is 2. The molecule has 2 rings (SSSR count). The summed E-state index contributed by atoms with van der Waals surface area (Å²) in [5.74, 6) is -0.159. The number of amides is 1. The van der Waals surface area contributed by atoms with Crippen molar-refractivity contribution >= 4 is 11.7 Å². The number of nitrogens with zero attached hydrogens (tertiary/aromatic N) is 3. The summed E-state index contributed by atoms with van der Waals surface area (Å²) in [6.07, 6.45) is -4.73. The molecule has 24 heavy (non-hydrogen) atoms. The number of ether oxygens (including phenoxy) is 1. The van der Waals surface area contributed by atoms with Gasteiger partial charge in [0.25, 0.3) is 5.91 Å². The maximum atomic E-state index is 12.2.